The molecule has 0 aliphatic heterocycles. The van der Waals surface area contributed by atoms with Crippen LogP contribution in [-0.4, -0.2) is 11.1 Å². The highest BCUT2D eigenvalue weighted by Gasteiger charge is 2.33. The number of nitrogens with two attached hydrogens (primary N) is 1. The molecule has 16 heavy (non-hydrogen) atoms. The van der Waals surface area contributed by atoms with E-state index in [1.807, 2.05) is 0 Å². The number of hydrogen-bond donors (Lipinski definition) is 2. The van der Waals surface area contributed by atoms with E-state index in [1.54, 1.807) is 0 Å². The molecular weight excluding hydrogens is 198 g/mol. The molecule has 1 aliphatic carbocycles. The van der Waals surface area contributed by atoms with E-state index < -0.39 is 0 Å². The molecule has 0 amide bonds. The zero-order valence-corrected chi connectivity index (χ0v) is 11.0. The third kappa shape index (κ3) is 3.00. The lowest BCUT2D eigenvalue weighted by atomic mass is 9.70. The van der Waals surface area contributed by atoms with Crippen molar-refractivity contribution in [1.82, 2.24) is 0 Å². The number of aliphatic hydroxyl groups is 1. The summed E-state index contributed by atoms with van der Waals surface area (Å²) in [5, 5.41) is 9.70. The third-order valence-electron chi connectivity index (χ3n) is 4.56. The normalized spacial score (nSPS) is 34.4. The smallest absolute Gasteiger partial charge is 0.0909 e. The van der Waals surface area contributed by atoms with Gasteiger partial charge in [0, 0.05) is 11.5 Å². The summed E-state index contributed by atoms with van der Waals surface area (Å²) >= 11 is 0. The molecule has 0 heterocycles. The highest BCUT2D eigenvalue weighted by Crippen LogP contribution is 2.41. The molecule has 94 valence electrons. The predicted molar refractivity (Wildman–Crippen MR) is 69.3 cm³/mol. The lowest BCUT2D eigenvalue weighted by molar-refractivity contribution is 0.145. The Kier molecular flexibility index (Phi) is 4.43. The van der Waals surface area contributed by atoms with Gasteiger partial charge in [0.25, 0.3) is 0 Å². The summed E-state index contributed by atoms with van der Waals surface area (Å²) in [7, 11) is 0. The fraction of sp³-hybridized carbons (Fsp3) is 0.857. The van der Waals surface area contributed by atoms with Crippen molar-refractivity contribution in [2.45, 2.75) is 58.9 Å². The highest BCUT2D eigenvalue weighted by molar-refractivity contribution is 5.00. The van der Waals surface area contributed by atoms with Crippen molar-refractivity contribution < 1.29 is 5.11 Å². The van der Waals surface area contributed by atoms with E-state index in [0.29, 0.717) is 23.6 Å². The van der Waals surface area contributed by atoms with Gasteiger partial charge < -0.3 is 10.8 Å². The fourth-order valence-corrected chi connectivity index (χ4v) is 2.82. The van der Waals surface area contributed by atoms with Crippen molar-refractivity contribution in [3.63, 3.8) is 0 Å². The molecule has 3 N–H and O–H groups in total. The highest BCUT2D eigenvalue weighted by atomic mass is 16.3. The van der Waals surface area contributed by atoms with Crippen LogP contribution >= 0.6 is 0 Å². The molecule has 0 aromatic carbocycles. The topological polar surface area (TPSA) is 46.2 Å². The minimum absolute atomic E-state index is 0.105. The first-order valence-electron chi connectivity index (χ1n) is 6.53. The van der Waals surface area contributed by atoms with Crippen LogP contribution in [0.5, 0.6) is 0 Å². The molecule has 0 aromatic rings. The number of hydrogen-bond acceptors (Lipinski definition) is 2. The number of allylic oxidation sites excluding steroid dienone is 1. The van der Waals surface area contributed by atoms with Gasteiger partial charge in [-0.25, -0.2) is 0 Å². The minimum Gasteiger partial charge on any atom is -0.512 e. The average molecular weight is 225 g/mol. The zero-order chi connectivity index (χ0) is 12.3. The maximum Gasteiger partial charge on any atom is 0.0909 e. The molecule has 4 atom stereocenters. The molecule has 4 unspecified atom stereocenters. The molecular formula is C14H27NO. The van der Waals surface area contributed by atoms with Gasteiger partial charge in [0.2, 0.25) is 0 Å². The largest absolute Gasteiger partial charge is 0.512 e. The van der Waals surface area contributed by atoms with Crippen LogP contribution in [0, 0.1) is 17.3 Å². The second-order valence-corrected chi connectivity index (χ2v) is 5.89. The zero-order valence-electron chi connectivity index (χ0n) is 11.0. The van der Waals surface area contributed by atoms with E-state index in [4.69, 9.17) is 5.73 Å². The van der Waals surface area contributed by atoms with Gasteiger partial charge in [-0.15, -0.1) is 0 Å². The van der Waals surface area contributed by atoms with Crippen molar-refractivity contribution in [1.29, 1.82) is 0 Å². The predicted octanol–water partition coefficient (Wildman–Crippen LogP) is 3.63. The minimum atomic E-state index is -0.105. The van der Waals surface area contributed by atoms with Crippen molar-refractivity contribution in [2.75, 3.05) is 0 Å². The maximum absolute atomic E-state index is 9.70. The van der Waals surface area contributed by atoms with Crippen molar-refractivity contribution in [3.8, 4) is 0 Å². The molecule has 1 aliphatic rings. The Morgan fingerprint density at radius 3 is 2.56 bits per heavy atom. The maximum atomic E-state index is 9.70. The summed E-state index contributed by atoms with van der Waals surface area (Å²) in [5.74, 6) is 1.66. The summed E-state index contributed by atoms with van der Waals surface area (Å²) in [6.07, 6.45) is 5.54. The summed E-state index contributed by atoms with van der Waals surface area (Å²) < 4.78 is 0. The van der Waals surface area contributed by atoms with Crippen LogP contribution in [0.1, 0.15) is 52.9 Å². The van der Waals surface area contributed by atoms with Gasteiger partial charge in [-0.3, -0.25) is 0 Å². The Balaban J connectivity index is 2.57. The van der Waals surface area contributed by atoms with Gasteiger partial charge in [0.1, 0.15) is 0 Å². The number of aliphatic hydroxyl groups excluding tert-OH is 1. The van der Waals surface area contributed by atoms with E-state index in [1.165, 1.54) is 12.8 Å². The van der Waals surface area contributed by atoms with E-state index in [-0.39, 0.29) is 5.41 Å². The van der Waals surface area contributed by atoms with E-state index in [2.05, 4.69) is 27.4 Å². The lowest BCUT2D eigenvalue weighted by Crippen LogP contribution is -2.36. The van der Waals surface area contributed by atoms with Crippen LogP contribution in [0.25, 0.3) is 0 Å². The Labute approximate surface area is 99.9 Å². The average Bonchev–Trinajstić information content (AvgIpc) is 2.23. The third-order valence-corrected chi connectivity index (χ3v) is 4.56. The van der Waals surface area contributed by atoms with Gasteiger partial charge in [0.05, 0.1) is 5.76 Å². The lowest BCUT2D eigenvalue weighted by Gasteiger charge is -2.37. The molecule has 0 saturated heterocycles. The Hall–Kier alpha value is -0.500. The van der Waals surface area contributed by atoms with Crippen molar-refractivity contribution >= 4 is 0 Å². The first kappa shape index (κ1) is 13.6. The molecule has 0 radical (unpaired) electrons. The summed E-state index contributed by atoms with van der Waals surface area (Å²) in [4.78, 5) is 0. The van der Waals surface area contributed by atoms with Crippen LogP contribution in [0.2, 0.25) is 0 Å². The summed E-state index contributed by atoms with van der Waals surface area (Å²) in [6.45, 7) is 10.2. The first-order chi connectivity index (χ1) is 7.39. The standard InChI is InChI=1S/C14H27NO/c1-5-14(4,11(3)16)9-12-6-7-13(15)10(2)8-12/h10,12-13,16H,3,5-9,15H2,1-2,4H3. The van der Waals surface area contributed by atoms with Crippen LogP contribution in [0.3, 0.4) is 0 Å². The molecule has 0 bridgehead atoms. The fourth-order valence-electron chi connectivity index (χ4n) is 2.82. The molecule has 0 aromatic heterocycles. The van der Waals surface area contributed by atoms with Gasteiger partial charge in [-0.1, -0.05) is 27.4 Å². The second kappa shape index (κ2) is 5.22. The van der Waals surface area contributed by atoms with Crippen LogP contribution < -0.4 is 5.73 Å². The molecule has 1 fully saturated rings. The first-order valence-corrected chi connectivity index (χ1v) is 6.53. The van der Waals surface area contributed by atoms with E-state index in [0.717, 1.165) is 19.3 Å². The molecule has 1 saturated carbocycles. The second-order valence-electron chi connectivity index (χ2n) is 5.89. The van der Waals surface area contributed by atoms with Crippen molar-refractivity contribution in [2.24, 2.45) is 23.0 Å². The molecule has 2 nitrogen and oxygen atoms in total. The Morgan fingerprint density at radius 2 is 2.12 bits per heavy atom. The Bertz CT molecular complexity index is 251. The van der Waals surface area contributed by atoms with Crippen LogP contribution in [-0.2, 0) is 0 Å². The van der Waals surface area contributed by atoms with Crippen LogP contribution in [0.4, 0.5) is 0 Å². The molecule has 1 rings (SSSR count). The summed E-state index contributed by atoms with van der Waals surface area (Å²) in [6, 6.07) is 0.376. The van der Waals surface area contributed by atoms with E-state index in [9.17, 15) is 5.11 Å². The summed E-state index contributed by atoms with van der Waals surface area (Å²) in [5.41, 5.74) is 5.92. The van der Waals surface area contributed by atoms with Gasteiger partial charge in [-0.2, -0.15) is 0 Å². The molecule has 2 heteroatoms. The van der Waals surface area contributed by atoms with Gasteiger partial charge in [0.15, 0.2) is 0 Å². The monoisotopic (exact) mass is 225 g/mol. The quantitative estimate of drug-likeness (QED) is 0.718. The number of rotatable bonds is 4. The van der Waals surface area contributed by atoms with Crippen molar-refractivity contribution in [3.05, 3.63) is 12.3 Å². The Morgan fingerprint density at radius 1 is 1.50 bits per heavy atom. The van der Waals surface area contributed by atoms with Gasteiger partial charge in [-0.05, 0) is 43.9 Å². The van der Waals surface area contributed by atoms with Gasteiger partial charge >= 0.3 is 0 Å². The SMILES string of the molecule is C=C(O)C(C)(CC)CC1CCC(N)C(C)C1. The van der Waals surface area contributed by atoms with E-state index >= 15 is 0 Å². The van der Waals surface area contributed by atoms with Crippen LogP contribution in [0.15, 0.2) is 12.3 Å². The molecule has 0 spiro atoms.